The molecule has 0 radical (unpaired) electrons. The number of nitrogens with zero attached hydrogens (tertiary/aromatic N) is 5. The van der Waals surface area contributed by atoms with Crippen LogP contribution in [0.25, 0.3) is 0 Å². The molecule has 126 valence electrons. The molecule has 2 aromatic rings. The minimum absolute atomic E-state index is 0.219. The number of hydrogen-bond acceptors (Lipinski definition) is 6. The SMILES string of the molecule is O=C(O)N1CCN(c2ccnc(OCc3cc(Cl)ccn3)n2)CC1. The third-order valence-electron chi connectivity index (χ3n) is 3.62. The maximum absolute atomic E-state index is 10.9. The molecule has 0 atom stereocenters. The topological polar surface area (TPSA) is 91.7 Å². The van der Waals surface area contributed by atoms with E-state index in [1.165, 1.54) is 4.90 Å². The molecule has 0 saturated carbocycles. The van der Waals surface area contributed by atoms with E-state index < -0.39 is 6.09 Å². The number of amides is 1. The van der Waals surface area contributed by atoms with Crippen LogP contribution in [0.5, 0.6) is 6.01 Å². The van der Waals surface area contributed by atoms with Gasteiger partial charge in [0, 0.05) is 43.6 Å². The Morgan fingerprint density at radius 1 is 1.21 bits per heavy atom. The fraction of sp³-hybridized carbons (Fsp3) is 0.333. The Bertz CT molecular complexity index is 722. The van der Waals surface area contributed by atoms with Gasteiger partial charge in [-0.2, -0.15) is 4.98 Å². The van der Waals surface area contributed by atoms with E-state index in [-0.39, 0.29) is 12.6 Å². The third kappa shape index (κ3) is 4.02. The first kappa shape index (κ1) is 16.3. The number of ether oxygens (including phenoxy) is 1. The first-order valence-electron chi connectivity index (χ1n) is 7.41. The molecule has 0 spiro atoms. The maximum atomic E-state index is 10.9. The van der Waals surface area contributed by atoms with Gasteiger partial charge in [-0.1, -0.05) is 11.6 Å². The van der Waals surface area contributed by atoms with Crippen LogP contribution in [0.3, 0.4) is 0 Å². The van der Waals surface area contributed by atoms with Crippen LogP contribution >= 0.6 is 11.6 Å². The minimum atomic E-state index is -0.893. The van der Waals surface area contributed by atoms with Gasteiger partial charge in [0.15, 0.2) is 0 Å². The van der Waals surface area contributed by atoms with E-state index in [9.17, 15) is 4.79 Å². The monoisotopic (exact) mass is 349 g/mol. The normalized spacial score (nSPS) is 14.5. The summed E-state index contributed by atoms with van der Waals surface area (Å²) in [6, 6.07) is 5.44. The van der Waals surface area contributed by atoms with Crippen molar-refractivity contribution in [3.8, 4) is 6.01 Å². The van der Waals surface area contributed by atoms with E-state index in [1.54, 1.807) is 30.6 Å². The molecule has 3 heterocycles. The van der Waals surface area contributed by atoms with Crippen LogP contribution in [0.15, 0.2) is 30.6 Å². The molecule has 1 amide bonds. The number of aromatic nitrogens is 3. The third-order valence-corrected chi connectivity index (χ3v) is 3.86. The van der Waals surface area contributed by atoms with Gasteiger partial charge in [-0.3, -0.25) is 4.98 Å². The predicted molar refractivity (Wildman–Crippen MR) is 87.4 cm³/mol. The van der Waals surface area contributed by atoms with Crippen LogP contribution < -0.4 is 9.64 Å². The number of carbonyl (C=O) groups is 1. The highest BCUT2D eigenvalue weighted by Crippen LogP contribution is 2.17. The molecular weight excluding hydrogens is 334 g/mol. The van der Waals surface area contributed by atoms with Gasteiger partial charge in [0.05, 0.1) is 5.69 Å². The summed E-state index contributed by atoms with van der Waals surface area (Å²) in [5, 5.41) is 9.58. The summed E-state index contributed by atoms with van der Waals surface area (Å²) in [6.45, 7) is 2.28. The molecule has 3 rings (SSSR count). The standard InChI is InChI=1S/C15H16ClN5O3/c16-11-1-3-17-12(9-11)10-24-14-18-4-2-13(19-14)20-5-7-21(8-6-20)15(22)23/h1-4,9H,5-8,10H2,(H,22,23). The quantitative estimate of drug-likeness (QED) is 0.901. The van der Waals surface area contributed by atoms with Crippen molar-refractivity contribution in [2.45, 2.75) is 6.61 Å². The van der Waals surface area contributed by atoms with Gasteiger partial charge in [0.2, 0.25) is 0 Å². The predicted octanol–water partition coefficient (Wildman–Crippen LogP) is 1.90. The van der Waals surface area contributed by atoms with Crippen LogP contribution in [0.4, 0.5) is 10.6 Å². The highest BCUT2D eigenvalue weighted by Gasteiger charge is 2.21. The zero-order chi connectivity index (χ0) is 16.9. The summed E-state index contributed by atoms with van der Waals surface area (Å²) in [7, 11) is 0. The number of halogens is 1. The van der Waals surface area contributed by atoms with Gasteiger partial charge in [-0.15, -0.1) is 0 Å². The van der Waals surface area contributed by atoms with Gasteiger partial charge in [-0.25, -0.2) is 9.78 Å². The zero-order valence-corrected chi connectivity index (χ0v) is 13.6. The molecule has 1 N–H and O–H groups in total. The van der Waals surface area contributed by atoms with E-state index in [0.717, 1.165) is 0 Å². The largest absolute Gasteiger partial charge is 0.465 e. The van der Waals surface area contributed by atoms with Crippen LogP contribution in [0, 0.1) is 0 Å². The molecule has 0 bridgehead atoms. The van der Waals surface area contributed by atoms with Crippen molar-refractivity contribution in [2.75, 3.05) is 31.1 Å². The molecular formula is C15H16ClN5O3. The van der Waals surface area contributed by atoms with Crippen LogP contribution in [-0.2, 0) is 6.61 Å². The number of hydrogen-bond donors (Lipinski definition) is 1. The second kappa shape index (κ2) is 7.31. The summed E-state index contributed by atoms with van der Waals surface area (Å²) in [5.41, 5.74) is 0.687. The summed E-state index contributed by atoms with van der Waals surface area (Å²) in [4.78, 5) is 27.0. The van der Waals surface area contributed by atoms with E-state index in [1.807, 2.05) is 4.90 Å². The van der Waals surface area contributed by atoms with Crippen LogP contribution in [-0.4, -0.2) is 57.2 Å². The summed E-state index contributed by atoms with van der Waals surface area (Å²) < 4.78 is 5.56. The number of anilines is 1. The van der Waals surface area contributed by atoms with Crippen molar-refractivity contribution in [2.24, 2.45) is 0 Å². The molecule has 24 heavy (non-hydrogen) atoms. The molecule has 1 aliphatic rings. The Kier molecular flexibility index (Phi) is 4.95. The Hall–Kier alpha value is -2.61. The average molecular weight is 350 g/mol. The molecule has 9 heteroatoms. The molecule has 8 nitrogen and oxygen atoms in total. The van der Waals surface area contributed by atoms with Crippen LogP contribution in [0.1, 0.15) is 5.69 Å². The smallest absolute Gasteiger partial charge is 0.407 e. The van der Waals surface area contributed by atoms with Crippen molar-refractivity contribution < 1.29 is 14.6 Å². The first-order valence-corrected chi connectivity index (χ1v) is 7.79. The Morgan fingerprint density at radius 3 is 2.67 bits per heavy atom. The molecule has 1 saturated heterocycles. The average Bonchev–Trinajstić information content (AvgIpc) is 2.60. The maximum Gasteiger partial charge on any atom is 0.407 e. The number of piperazine rings is 1. The van der Waals surface area contributed by atoms with Crippen molar-refractivity contribution in [3.63, 3.8) is 0 Å². The highest BCUT2D eigenvalue weighted by molar-refractivity contribution is 6.30. The number of pyridine rings is 1. The van der Waals surface area contributed by atoms with Crippen molar-refractivity contribution in [1.82, 2.24) is 19.9 Å². The van der Waals surface area contributed by atoms with Gasteiger partial charge in [0.25, 0.3) is 0 Å². The van der Waals surface area contributed by atoms with Crippen LogP contribution in [0.2, 0.25) is 5.02 Å². The lowest BCUT2D eigenvalue weighted by Crippen LogP contribution is -2.48. The lowest BCUT2D eigenvalue weighted by molar-refractivity contribution is 0.142. The Balaban J connectivity index is 1.61. The van der Waals surface area contributed by atoms with Gasteiger partial charge in [0.1, 0.15) is 12.4 Å². The zero-order valence-electron chi connectivity index (χ0n) is 12.8. The van der Waals surface area contributed by atoms with E-state index in [2.05, 4.69) is 15.0 Å². The highest BCUT2D eigenvalue weighted by atomic mass is 35.5. The van der Waals surface area contributed by atoms with Crippen molar-refractivity contribution in [1.29, 1.82) is 0 Å². The molecule has 0 aliphatic carbocycles. The van der Waals surface area contributed by atoms with E-state index in [4.69, 9.17) is 21.4 Å². The van der Waals surface area contributed by atoms with Gasteiger partial charge < -0.3 is 19.6 Å². The summed E-state index contributed by atoms with van der Waals surface area (Å²) in [6.07, 6.45) is 2.34. The van der Waals surface area contributed by atoms with Gasteiger partial charge >= 0.3 is 12.1 Å². The van der Waals surface area contributed by atoms with Gasteiger partial charge in [-0.05, 0) is 18.2 Å². The Morgan fingerprint density at radius 2 is 1.96 bits per heavy atom. The Labute approximate surface area is 143 Å². The number of carboxylic acid groups (broad SMARTS) is 1. The molecule has 1 fully saturated rings. The molecule has 0 unspecified atom stereocenters. The summed E-state index contributed by atoms with van der Waals surface area (Å²) in [5.74, 6) is 0.712. The van der Waals surface area contributed by atoms with Crippen molar-refractivity contribution >= 4 is 23.5 Å². The molecule has 2 aromatic heterocycles. The fourth-order valence-electron chi connectivity index (χ4n) is 2.37. The first-order chi connectivity index (χ1) is 11.6. The summed E-state index contributed by atoms with van der Waals surface area (Å²) >= 11 is 5.91. The lowest BCUT2D eigenvalue weighted by atomic mass is 10.3. The minimum Gasteiger partial charge on any atom is -0.465 e. The van der Waals surface area contributed by atoms with Crippen molar-refractivity contribution in [3.05, 3.63) is 41.3 Å². The fourth-order valence-corrected chi connectivity index (χ4v) is 2.55. The second-order valence-electron chi connectivity index (χ2n) is 5.21. The number of rotatable bonds is 4. The molecule has 0 aromatic carbocycles. The lowest BCUT2D eigenvalue weighted by Gasteiger charge is -2.33. The second-order valence-corrected chi connectivity index (χ2v) is 5.64. The van der Waals surface area contributed by atoms with E-state index >= 15 is 0 Å². The van der Waals surface area contributed by atoms with E-state index in [0.29, 0.717) is 42.7 Å². The molecule has 1 aliphatic heterocycles.